The lowest BCUT2D eigenvalue weighted by atomic mass is 10.1. The van der Waals surface area contributed by atoms with Gasteiger partial charge in [0.15, 0.2) is 17.2 Å². The van der Waals surface area contributed by atoms with Crippen molar-refractivity contribution >= 4 is 34.4 Å². The third-order valence-corrected chi connectivity index (χ3v) is 7.88. The van der Waals surface area contributed by atoms with Crippen LogP contribution in [-0.2, 0) is 4.79 Å². The number of hydrogen-bond acceptors (Lipinski definition) is 7. The van der Waals surface area contributed by atoms with E-state index in [4.69, 9.17) is 11.6 Å². The fourth-order valence-corrected chi connectivity index (χ4v) is 5.72. The minimum Gasteiger partial charge on any atom is -0.504 e. The van der Waals surface area contributed by atoms with E-state index >= 15 is 4.39 Å². The molecule has 1 saturated heterocycles. The summed E-state index contributed by atoms with van der Waals surface area (Å²) < 4.78 is 30.4. The molecule has 0 unspecified atom stereocenters. The number of carbonyl (C=O) groups is 1. The Hall–Kier alpha value is -4.58. The molecule has 1 aliphatic heterocycles. The Balaban J connectivity index is 1.86. The number of nitrogens with zero attached hydrogens (tertiary/aromatic N) is 5. The zero-order valence-electron chi connectivity index (χ0n) is 23.9. The van der Waals surface area contributed by atoms with E-state index in [1.165, 1.54) is 24.4 Å². The number of piperazine rings is 1. The van der Waals surface area contributed by atoms with Gasteiger partial charge >= 0.3 is 5.69 Å². The van der Waals surface area contributed by atoms with Crippen LogP contribution in [0.15, 0.2) is 52.7 Å². The Bertz CT molecular complexity index is 1910. The normalized spacial score (nSPS) is 17.1. The molecule has 4 heterocycles. The Morgan fingerprint density at radius 3 is 2.51 bits per heavy atom. The predicted octanol–water partition coefficient (Wildman–Crippen LogP) is 4.51. The van der Waals surface area contributed by atoms with Crippen LogP contribution in [0.2, 0.25) is 5.02 Å². The van der Waals surface area contributed by atoms with Crippen LogP contribution in [0.1, 0.15) is 39.3 Å². The number of hydrogen-bond donors (Lipinski definition) is 2. The summed E-state index contributed by atoms with van der Waals surface area (Å²) in [5.41, 5.74) is -2.03. The fourth-order valence-electron chi connectivity index (χ4n) is 5.47. The standard InChI is InChI=1S/C30H29ClF2N6O4/c1-6-22(41)37-12-16(5)38(13-15(37)4)28-17-11-18(31)25(23-19(32)7-8-20(33)27(23)42)35-29(17)39(30(43)36-28)26-21(40)9-10-34-24(26)14(2)3/h6-11,14-16,42H,1,12-13H2,2-5H3,(H,34,40)/t15-,16+/m1/s1. The number of pyridine rings is 2. The minimum absolute atomic E-state index is 0.0425. The van der Waals surface area contributed by atoms with Crippen LogP contribution in [0.4, 0.5) is 14.6 Å². The number of phenolic OH excluding ortho intramolecular Hbond substituents is 1. The second kappa shape index (κ2) is 11.3. The van der Waals surface area contributed by atoms with Gasteiger partial charge in [0.05, 0.1) is 21.7 Å². The van der Waals surface area contributed by atoms with Crippen molar-refractivity contribution in [2.45, 2.75) is 45.7 Å². The Kier molecular flexibility index (Phi) is 7.82. The van der Waals surface area contributed by atoms with Gasteiger partial charge in [0, 0.05) is 43.1 Å². The molecule has 0 spiro atoms. The summed E-state index contributed by atoms with van der Waals surface area (Å²) in [5, 5.41) is 10.5. The number of halogens is 3. The van der Waals surface area contributed by atoms with Crippen molar-refractivity contribution in [3.8, 4) is 22.7 Å². The van der Waals surface area contributed by atoms with Gasteiger partial charge in [-0.2, -0.15) is 4.98 Å². The molecule has 1 aliphatic rings. The van der Waals surface area contributed by atoms with Gasteiger partial charge in [-0.3, -0.25) is 9.59 Å². The Morgan fingerprint density at radius 1 is 1.14 bits per heavy atom. The van der Waals surface area contributed by atoms with Crippen LogP contribution in [0, 0.1) is 11.6 Å². The number of carbonyl (C=O) groups excluding carboxylic acids is 1. The SMILES string of the molecule is C=CC(=O)N1C[C@H](C)N(c2nc(=O)n(-c3c(C(C)C)[nH]ccc3=O)c3nc(-c4c(F)ccc(F)c4O)c(Cl)cc23)C[C@H]1C. The molecular formula is C30H29ClF2N6O4. The van der Waals surface area contributed by atoms with Gasteiger partial charge in [-0.1, -0.05) is 32.0 Å². The highest BCUT2D eigenvalue weighted by molar-refractivity contribution is 6.34. The molecule has 2 N–H and O–H groups in total. The van der Waals surface area contributed by atoms with E-state index in [1.54, 1.807) is 4.90 Å². The minimum atomic E-state index is -1.10. The molecule has 43 heavy (non-hydrogen) atoms. The third-order valence-electron chi connectivity index (χ3n) is 7.59. The van der Waals surface area contributed by atoms with E-state index in [-0.39, 0.29) is 63.7 Å². The van der Waals surface area contributed by atoms with Crippen LogP contribution in [0.3, 0.4) is 0 Å². The summed E-state index contributed by atoms with van der Waals surface area (Å²) in [5.74, 6) is -3.39. The molecule has 1 amide bonds. The molecule has 5 rings (SSSR count). The van der Waals surface area contributed by atoms with E-state index in [0.29, 0.717) is 12.2 Å². The molecule has 224 valence electrons. The highest BCUT2D eigenvalue weighted by atomic mass is 35.5. The van der Waals surface area contributed by atoms with E-state index < -0.39 is 34.1 Å². The molecule has 0 aliphatic carbocycles. The summed E-state index contributed by atoms with van der Waals surface area (Å²) in [7, 11) is 0. The second-order valence-electron chi connectivity index (χ2n) is 10.8. The van der Waals surface area contributed by atoms with Gasteiger partial charge in [0.1, 0.15) is 17.3 Å². The van der Waals surface area contributed by atoms with Crippen molar-refractivity contribution in [2.75, 3.05) is 18.0 Å². The molecule has 10 nitrogen and oxygen atoms in total. The van der Waals surface area contributed by atoms with Crippen LogP contribution in [0.25, 0.3) is 28.0 Å². The fraction of sp³-hybridized carbons (Fsp3) is 0.300. The number of fused-ring (bicyclic) bond motifs is 1. The molecule has 0 bridgehead atoms. The van der Waals surface area contributed by atoms with Crippen LogP contribution in [-0.4, -0.2) is 60.6 Å². The summed E-state index contributed by atoms with van der Waals surface area (Å²) in [4.78, 5) is 55.0. The van der Waals surface area contributed by atoms with Crippen LogP contribution < -0.4 is 16.0 Å². The van der Waals surface area contributed by atoms with Crippen molar-refractivity contribution < 1.29 is 18.7 Å². The number of phenols is 1. The summed E-state index contributed by atoms with van der Waals surface area (Å²) in [6.07, 6.45) is 2.70. The largest absolute Gasteiger partial charge is 0.504 e. The number of H-pyrrole nitrogens is 1. The average molecular weight is 611 g/mol. The Labute approximate surface area is 249 Å². The molecule has 13 heteroatoms. The first-order valence-corrected chi connectivity index (χ1v) is 14.0. The van der Waals surface area contributed by atoms with E-state index in [1.807, 2.05) is 32.6 Å². The summed E-state index contributed by atoms with van der Waals surface area (Å²) >= 11 is 6.62. The lowest BCUT2D eigenvalue weighted by Crippen LogP contribution is -2.58. The summed E-state index contributed by atoms with van der Waals surface area (Å²) in [6, 6.07) is 3.63. The average Bonchev–Trinajstić information content (AvgIpc) is 2.96. The van der Waals surface area contributed by atoms with Gasteiger partial charge < -0.3 is 19.9 Å². The van der Waals surface area contributed by atoms with Gasteiger partial charge in [-0.25, -0.2) is 23.1 Å². The van der Waals surface area contributed by atoms with Gasteiger partial charge in [-0.05, 0) is 44.0 Å². The van der Waals surface area contributed by atoms with Crippen molar-refractivity contribution in [3.63, 3.8) is 0 Å². The number of aromatic amines is 1. The first kappa shape index (κ1) is 29.9. The number of nitrogens with one attached hydrogen (secondary N) is 1. The lowest BCUT2D eigenvalue weighted by Gasteiger charge is -2.44. The first-order valence-electron chi connectivity index (χ1n) is 13.6. The first-order chi connectivity index (χ1) is 20.3. The number of benzene rings is 1. The van der Waals surface area contributed by atoms with Crippen LogP contribution >= 0.6 is 11.6 Å². The zero-order valence-corrected chi connectivity index (χ0v) is 24.6. The summed E-state index contributed by atoms with van der Waals surface area (Å²) in [6.45, 7) is 11.5. The maximum absolute atomic E-state index is 15.0. The van der Waals surface area contributed by atoms with E-state index in [2.05, 4.69) is 21.5 Å². The number of rotatable bonds is 5. The number of aromatic hydroxyl groups is 1. The zero-order chi connectivity index (χ0) is 31.3. The van der Waals surface area contributed by atoms with Crippen molar-refractivity contribution in [2.24, 2.45) is 0 Å². The second-order valence-corrected chi connectivity index (χ2v) is 11.2. The number of amides is 1. The third kappa shape index (κ3) is 5.05. The molecular weight excluding hydrogens is 582 g/mol. The van der Waals surface area contributed by atoms with Gasteiger partial charge in [0.2, 0.25) is 11.3 Å². The molecule has 4 aromatic rings. The van der Waals surface area contributed by atoms with Crippen molar-refractivity contribution in [3.05, 3.63) is 86.2 Å². The highest BCUT2D eigenvalue weighted by Crippen LogP contribution is 2.40. The highest BCUT2D eigenvalue weighted by Gasteiger charge is 2.34. The molecule has 1 fully saturated rings. The maximum Gasteiger partial charge on any atom is 0.356 e. The smallest absolute Gasteiger partial charge is 0.356 e. The van der Waals surface area contributed by atoms with Crippen molar-refractivity contribution in [1.82, 2.24) is 24.4 Å². The van der Waals surface area contributed by atoms with E-state index in [9.17, 15) is 23.9 Å². The number of aromatic nitrogens is 4. The molecule has 2 atom stereocenters. The number of anilines is 1. The predicted molar refractivity (Wildman–Crippen MR) is 160 cm³/mol. The van der Waals surface area contributed by atoms with Crippen LogP contribution in [0.5, 0.6) is 5.75 Å². The molecule has 0 radical (unpaired) electrons. The Morgan fingerprint density at radius 2 is 1.84 bits per heavy atom. The van der Waals surface area contributed by atoms with E-state index in [0.717, 1.165) is 16.7 Å². The van der Waals surface area contributed by atoms with Crippen molar-refractivity contribution in [1.29, 1.82) is 0 Å². The van der Waals surface area contributed by atoms with Gasteiger partial charge in [-0.15, -0.1) is 0 Å². The molecule has 0 saturated carbocycles. The quantitative estimate of drug-likeness (QED) is 0.319. The lowest BCUT2D eigenvalue weighted by molar-refractivity contribution is -0.128. The monoisotopic (exact) mass is 610 g/mol. The molecule has 3 aromatic heterocycles. The van der Waals surface area contributed by atoms with Gasteiger partial charge in [0.25, 0.3) is 0 Å². The maximum atomic E-state index is 15.0. The topological polar surface area (TPSA) is 124 Å². The molecule has 1 aromatic carbocycles.